The fraction of sp³-hybridized carbons (Fsp3) is 0.538. The molecule has 1 N–H and O–H groups in total. The Bertz CT molecular complexity index is 407. The standard InChI is InChI=1S/C13H19NO3S/c1-3-4-5-8-18-13-7-6-11(10(2)15)9-12(13)14(16)17/h6-7,9-10,15H,3-5,8H2,1-2H3. The average molecular weight is 269 g/mol. The zero-order valence-corrected chi connectivity index (χ0v) is 11.6. The minimum atomic E-state index is -0.678. The van der Waals surface area contributed by atoms with E-state index in [0.29, 0.717) is 10.5 Å². The molecule has 0 bridgehead atoms. The first kappa shape index (κ1) is 15.0. The van der Waals surface area contributed by atoms with Gasteiger partial charge in [-0.3, -0.25) is 10.1 Å². The summed E-state index contributed by atoms with van der Waals surface area (Å²) in [5, 5.41) is 20.4. The van der Waals surface area contributed by atoms with Crippen LogP contribution in [-0.2, 0) is 0 Å². The minimum absolute atomic E-state index is 0.0925. The Morgan fingerprint density at radius 2 is 2.17 bits per heavy atom. The molecule has 1 aromatic carbocycles. The van der Waals surface area contributed by atoms with Gasteiger partial charge in [0.25, 0.3) is 5.69 Å². The lowest BCUT2D eigenvalue weighted by atomic mass is 10.1. The molecule has 0 saturated carbocycles. The fourth-order valence-electron chi connectivity index (χ4n) is 1.59. The monoisotopic (exact) mass is 269 g/mol. The number of nitrogens with zero attached hydrogens (tertiary/aromatic N) is 1. The Labute approximate surface area is 112 Å². The molecule has 0 saturated heterocycles. The lowest BCUT2D eigenvalue weighted by Gasteiger charge is -2.07. The van der Waals surface area contributed by atoms with Crippen LogP contribution in [0, 0.1) is 10.1 Å². The smallest absolute Gasteiger partial charge is 0.283 e. The summed E-state index contributed by atoms with van der Waals surface area (Å²) in [5.41, 5.74) is 0.675. The molecule has 0 aliphatic carbocycles. The highest BCUT2D eigenvalue weighted by Crippen LogP contribution is 2.32. The highest BCUT2D eigenvalue weighted by Gasteiger charge is 2.16. The van der Waals surface area contributed by atoms with Gasteiger partial charge >= 0.3 is 0 Å². The highest BCUT2D eigenvalue weighted by atomic mass is 32.2. The van der Waals surface area contributed by atoms with Gasteiger partial charge in [0.05, 0.1) is 15.9 Å². The third kappa shape index (κ3) is 4.31. The van der Waals surface area contributed by atoms with Crippen LogP contribution in [0.3, 0.4) is 0 Å². The molecule has 0 fully saturated rings. The molecular weight excluding hydrogens is 250 g/mol. The molecule has 0 spiro atoms. The maximum Gasteiger partial charge on any atom is 0.283 e. The summed E-state index contributed by atoms with van der Waals surface area (Å²) in [6, 6.07) is 4.95. The molecular formula is C13H19NO3S. The first-order valence-corrected chi connectivity index (χ1v) is 7.14. The van der Waals surface area contributed by atoms with Crippen LogP contribution >= 0.6 is 11.8 Å². The molecule has 0 amide bonds. The molecule has 4 nitrogen and oxygen atoms in total. The number of aliphatic hydroxyl groups excluding tert-OH is 1. The lowest BCUT2D eigenvalue weighted by Crippen LogP contribution is -1.96. The van der Waals surface area contributed by atoms with Crippen LogP contribution in [0.25, 0.3) is 0 Å². The summed E-state index contributed by atoms with van der Waals surface area (Å²) in [7, 11) is 0. The van der Waals surface area contributed by atoms with Gasteiger partial charge in [-0.25, -0.2) is 0 Å². The number of benzene rings is 1. The van der Waals surface area contributed by atoms with Gasteiger partial charge in [0, 0.05) is 6.07 Å². The zero-order valence-electron chi connectivity index (χ0n) is 10.8. The van der Waals surface area contributed by atoms with Crippen LogP contribution in [0.2, 0.25) is 0 Å². The SMILES string of the molecule is CCCCCSc1ccc(C(C)O)cc1[N+](=O)[O-]. The topological polar surface area (TPSA) is 63.4 Å². The molecule has 5 heteroatoms. The number of nitro benzene ring substituents is 1. The van der Waals surface area contributed by atoms with Crippen molar-refractivity contribution in [3.05, 3.63) is 33.9 Å². The van der Waals surface area contributed by atoms with E-state index in [1.54, 1.807) is 19.1 Å². The third-order valence-corrected chi connectivity index (χ3v) is 3.82. The van der Waals surface area contributed by atoms with Gasteiger partial charge in [-0.05, 0) is 30.7 Å². The van der Waals surface area contributed by atoms with Gasteiger partial charge in [-0.2, -0.15) is 0 Å². The second-order valence-electron chi connectivity index (χ2n) is 4.22. The fourth-order valence-corrected chi connectivity index (χ4v) is 2.61. The minimum Gasteiger partial charge on any atom is -0.389 e. The predicted octanol–water partition coefficient (Wildman–Crippen LogP) is 3.93. The number of unbranched alkanes of at least 4 members (excludes halogenated alkanes) is 2. The van der Waals surface area contributed by atoms with E-state index in [1.807, 2.05) is 0 Å². The molecule has 0 aliphatic heterocycles. The van der Waals surface area contributed by atoms with E-state index in [9.17, 15) is 15.2 Å². The van der Waals surface area contributed by atoms with Crippen LogP contribution in [0.4, 0.5) is 5.69 Å². The summed E-state index contributed by atoms with van der Waals surface area (Å²) in [6.45, 7) is 3.73. The normalized spacial score (nSPS) is 12.4. The van der Waals surface area contributed by atoms with Crippen LogP contribution in [0.15, 0.2) is 23.1 Å². The first-order valence-electron chi connectivity index (χ1n) is 6.15. The average Bonchev–Trinajstić information content (AvgIpc) is 2.34. The second-order valence-corrected chi connectivity index (χ2v) is 5.35. The van der Waals surface area contributed by atoms with Crippen LogP contribution < -0.4 is 0 Å². The number of aliphatic hydroxyl groups is 1. The number of hydrogen-bond donors (Lipinski definition) is 1. The van der Waals surface area contributed by atoms with E-state index in [4.69, 9.17) is 0 Å². The van der Waals surface area contributed by atoms with Crippen LogP contribution in [-0.4, -0.2) is 15.8 Å². The number of nitro groups is 1. The van der Waals surface area contributed by atoms with Gasteiger partial charge in [0.2, 0.25) is 0 Å². The van der Waals surface area contributed by atoms with Gasteiger partial charge in [-0.15, -0.1) is 11.8 Å². The molecule has 1 rings (SSSR count). The summed E-state index contributed by atoms with van der Waals surface area (Å²) >= 11 is 1.51. The Morgan fingerprint density at radius 3 is 2.72 bits per heavy atom. The summed E-state index contributed by atoms with van der Waals surface area (Å²) < 4.78 is 0. The molecule has 1 aromatic rings. The molecule has 18 heavy (non-hydrogen) atoms. The Morgan fingerprint density at radius 1 is 1.44 bits per heavy atom. The largest absolute Gasteiger partial charge is 0.389 e. The predicted molar refractivity (Wildman–Crippen MR) is 74.0 cm³/mol. The molecule has 0 heterocycles. The van der Waals surface area contributed by atoms with Gasteiger partial charge in [-0.1, -0.05) is 25.8 Å². The molecule has 0 aliphatic rings. The van der Waals surface area contributed by atoms with Crippen molar-refractivity contribution in [1.82, 2.24) is 0 Å². The van der Waals surface area contributed by atoms with E-state index < -0.39 is 6.10 Å². The molecule has 0 aromatic heterocycles. The van der Waals surface area contributed by atoms with Crippen molar-refractivity contribution in [3.8, 4) is 0 Å². The number of thioether (sulfide) groups is 1. The van der Waals surface area contributed by atoms with Crippen molar-refractivity contribution < 1.29 is 10.0 Å². The van der Waals surface area contributed by atoms with Crippen molar-refractivity contribution in [2.75, 3.05) is 5.75 Å². The number of rotatable bonds is 7. The van der Waals surface area contributed by atoms with Crippen molar-refractivity contribution in [1.29, 1.82) is 0 Å². The Hall–Kier alpha value is -1.07. The third-order valence-electron chi connectivity index (χ3n) is 2.67. The Kier molecular flexibility index (Phi) is 6.15. The van der Waals surface area contributed by atoms with Crippen molar-refractivity contribution in [2.45, 2.75) is 44.1 Å². The summed E-state index contributed by atoms with van der Waals surface area (Å²) in [5.74, 6) is 0.892. The van der Waals surface area contributed by atoms with E-state index in [2.05, 4.69) is 6.92 Å². The van der Waals surface area contributed by atoms with Crippen LogP contribution in [0.5, 0.6) is 0 Å². The van der Waals surface area contributed by atoms with Crippen molar-refractivity contribution >= 4 is 17.4 Å². The van der Waals surface area contributed by atoms with Gasteiger partial charge < -0.3 is 5.11 Å². The maximum atomic E-state index is 11.0. The molecule has 0 radical (unpaired) electrons. The van der Waals surface area contributed by atoms with Crippen LogP contribution in [0.1, 0.15) is 44.8 Å². The zero-order chi connectivity index (χ0) is 13.5. The van der Waals surface area contributed by atoms with E-state index >= 15 is 0 Å². The van der Waals surface area contributed by atoms with Gasteiger partial charge in [0.15, 0.2) is 0 Å². The van der Waals surface area contributed by atoms with Crippen molar-refractivity contribution in [3.63, 3.8) is 0 Å². The van der Waals surface area contributed by atoms with E-state index in [0.717, 1.165) is 25.0 Å². The molecule has 1 unspecified atom stereocenters. The second kappa shape index (κ2) is 7.38. The lowest BCUT2D eigenvalue weighted by molar-refractivity contribution is -0.387. The van der Waals surface area contributed by atoms with E-state index in [-0.39, 0.29) is 10.6 Å². The summed E-state index contributed by atoms with van der Waals surface area (Å²) in [4.78, 5) is 11.3. The molecule has 1 atom stereocenters. The quantitative estimate of drug-likeness (QED) is 0.352. The highest BCUT2D eigenvalue weighted by molar-refractivity contribution is 7.99. The van der Waals surface area contributed by atoms with E-state index in [1.165, 1.54) is 17.8 Å². The molecule has 100 valence electrons. The first-order chi connectivity index (χ1) is 8.56. The maximum absolute atomic E-state index is 11.0. The van der Waals surface area contributed by atoms with Crippen molar-refractivity contribution in [2.24, 2.45) is 0 Å². The number of hydrogen-bond acceptors (Lipinski definition) is 4. The Balaban J connectivity index is 2.80. The summed E-state index contributed by atoms with van der Waals surface area (Å²) in [6.07, 6.45) is 2.68. The van der Waals surface area contributed by atoms with Gasteiger partial charge in [0.1, 0.15) is 0 Å².